The maximum atomic E-state index is 12.6. The Labute approximate surface area is 245 Å². The molecule has 6 rings (SSSR count). The van der Waals surface area contributed by atoms with Gasteiger partial charge in [-0.3, -0.25) is 9.36 Å². The minimum atomic E-state index is -1.46. The number of aromatic nitrogens is 4. The molecule has 1 aliphatic carbocycles. The Bertz CT molecular complexity index is 1480. The molecule has 2 aromatic heterocycles. The van der Waals surface area contributed by atoms with Crippen molar-refractivity contribution in [2.45, 2.75) is 69.1 Å². The van der Waals surface area contributed by atoms with E-state index in [0.29, 0.717) is 29.5 Å². The number of carbonyl (C=O) groups excluding carboxylic acids is 1. The lowest BCUT2D eigenvalue weighted by Crippen LogP contribution is -2.42. The fourth-order valence-corrected chi connectivity index (χ4v) is 5.87. The average molecular weight is 573 g/mol. The highest BCUT2D eigenvalue weighted by molar-refractivity contribution is 5.85. The molecule has 1 aliphatic heterocycles. The van der Waals surface area contributed by atoms with Crippen molar-refractivity contribution in [1.82, 2.24) is 24.8 Å². The van der Waals surface area contributed by atoms with E-state index in [1.54, 1.807) is 4.57 Å². The van der Waals surface area contributed by atoms with E-state index in [1.165, 1.54) is 6.33 Å². The van der Waals surface area contributed by atoms with Crippen molar-refractivity contribution in [1.29, 1.82) is 0 Å². The monoisotopic (exact) mass is 572 g/mol. The number of anilines is 2. The quantitative estimate of drug-likeness (QED) is 0.193. The van der Waals surface area contributed by atoms with Gasteiger partial charge in [0.25, 0.3) is 5.91 Å². The van der Waals surface area contributed by atoms with Gasteiger partial charge < -0.3 is 30.9 Å². The van der Waals surface area contributed by atoms with Gasteiger partial charge in [-0.1, -0.05) is 73.5 Å². The van der Waals surface area contributed by atoms with Gasteiger partial charge in [-0.2, -0.15) is 9.97 Å². The molecule has 1 saturated heterocycles. The van der Waals surface area contributed by atoms with Gasteiger partial charge in [0.1, 0.15) is 12.2 Å². The lowest BCUT2D eigenvalue weighted by molar-refractivity contribution is -0.137. The Hall–Kier alpha value is -4.06. The summed E-state index contributed by atoms with van der Waals surface area (Å²) in [5.74, 6) is 0.411. The molecule has 2 aromatic carbocycles. The van der Waals surface area contributed by atoms with Gasteiger partial charge >= 0.3 is 0 Å². The SMILES string of the molecule is [2H]CCNC(=O)[C@H]1OC(n2cnc3c(NCC(c4ccccc4)c4ccccc4)nc(NC4CCCC4)nc32)[C@H](O)[C@@H]1O. The van der Waals surface area contributed by atoms with Gasteiger partial charge in [0.15, 0.2) is 29.3 Å². The maximum absolute atomic E-state index is 12.6. The fraction of sp³-hybridized carbons (Fsp3) is 0.419. The van der Waals surface area contributed by atoms with Crippen LogP contribution in [0.5, 0.6) is 0 Å². The number of ether oxygens (including phenoxy) is 1. The number of hydrogen-bond donors (Lipinski definition) is 5. The van der Waals surface area contributed by atoms with Crippen LogP contribution < -0.4 is 16.0 Å². The number of fused-ring (bicyclic) bond motifs is 1. The minimum absolute atomic E-state index is 0.00837. The molecular formula is C31H37N7O4. The molecule has 2 fully saturated rings. The summed E-state index contributed by atoms with van der Waals surface area (Å²) in [7, 11) is 0. The third-order valence-corrected chi connectivity index (χ3v) is 8.06. The molecule has 3 heterocycles. The van der Waals surface area contributed by atoms with E-state index in [-0.39, 0.29) is 25.4 Å². The highest BCUT2D eigenvalue weighted by Gasteiger charge is 2.47. The van der Waals surface area contributed by atoms with Crippen molar-refractivity contribution in [3.8, 4) is 0 Å². The third kappa shape index (κ3) is 5.67. The number of imidazole rings is 1. The Morgan fingerprint density at radius 3 is 2.40 bits per heavy atom. The molecule has 5 N–H and O–H groups in total. The molecule has 42 heavy (non-hydrogen) atoms. The molecule has 4 aromatic rings. The number of nitrogens with one attached hydrogen (secondary N) is 3. The summed E-state index contributed by atoms with van der Waals surface area (Å²) in [4.78, 5) is 26.7. The zero-order chi connectivity index (χ0) is 29.8. The summed E-state index contributed by atoms with van der Waals surface area (Å²) in [6.07, 6.45) is 0.569. The highest BCUT2D eigenvalue weighted by Crippen LogP contribution is 2.34. The van der Waals surface area contributed by atoms with Crippen LogP contribution in [0.1, 0.15) is 57.2 Å². The molecule has 1 amide bonds. The van der Waals surface area contributed by atoms with Crippen LogP contribution >= 0.6 is 0 Å². The third-order valence-electron chi connectivity index (χ3n) is 8.06. The normalized spacial score (nSPS) is 22.9. The van der Waals surface area contributed by atoms with Crippen LogP contribution in [0.15, 0.2) is 67.0 Å². The minimum Gasteiger partial charge on any atom is -0.387 e. The van der Waals surface area contributed by atoms with E-state index in [4.69, 9.17) is 16.1 Å². The van der Waals surface area contributed by atoms with E-state index < -0.39 is 30.4 Å². The second kappa shape index (κ2) is 12.4. The van der Waals surface area contributed by atoms with Crippen molar-refractivity contribution >= 4 is 28.8 Å². The van der Waals surface area contributed by atoms with Gasteiger partial charge in [-0.25, -0.2) is 4.98 Å². The molecule has 11 nitrogen and oxygen atoms in total. The molecule has 220 valence electrons. The predicted molar refractivity (Wildman–Crippen MR) is 159 cm³/mol. The maximum Gasteiger partial charge on any atom is 0.252 e. The Morgan fingerprint density at radius 2 is 1.74 bits per heavy atom. The Kier molecular flexibility index (Phi) is 7.94. The van der Waals surface area contributed by atoms with Crippen LogP contribution in [0, 0.1) is 0 Å². The second-order valence-electron chi connectivity index (χ2n) is 10.8. The van der Waals surface area contributed by atoms with Crippen molar-refractivity contribution in [3.63, 3.8) is 0 Å². The molecule has 4 atom stereocenters. The standard InChI is InChI=1S/C31H37N7O4/c1-2-32-29(41)26-24(39)25(40)30(42-26)38-18-34-23-27(36-31(37-28(23)38)35-21-15-9-10-16-21)33-17-22(19-11-5-3-6-12-19)20-13-7-4-8-14-20/h3-8,11-14,18,21-22,24-26,30,39-40H,2,9-10,15-17H2,1H3,(H,32,41)(H2,33,35,36,37)/t24-,25+,26-,30?/m0/s1/i1D. The van der Waals surface area contributed by atoms with Crippen LogP contribution in [-0.2, 0) is 9.53 Å². The fourth-order valence-electron chi connectivity index (χ4n) is 5.87. The van der Waals surface area contributed by atoms with Crippen LogP contribution in [0.3, 0.4) is 0 Å². The summed E-state index contributed by atoms with van der Waals surface area (Å²) in [6, 6.07) is 20.8. The lowest BCUT2D eigenvalue weighted by Gasteiger charge is -2.20. The predicted octanol–water partition coefficient (Wildman–Crippen LogP) is 3.18. The summed E-state index contributed by atoms with van der Waals surface area (Å²) in [5.41, 5.74) is 3.20. The largest absolute Gasteiger partial charge is 0.387 e. The van der Waals surface area contributed by atoms with Gasteiger partial charge in [0, 0.05) is 26.4 Å². The summed E-state index contributed by atoms with van der Waals surface area (Å²) in [5, 5.41) is 31.1. The number of hydrogen-bond acceptors (Lipinski definition) is 9. The van der Waals surface area contributed by atoms with E-state index in [2.05, 4.69) is 45.2 Å². The molecule has 1 unspecified atom stereocenters. The van der Waals surface area contributed by atoms with E-state index in [1.807, 2.05) is 36.4 Å². The van der Waals surface area contributed by atoms with E-state index in [0.717, 1.165) is 36.8 Å². The molecular weight excluding hydrogens is 534 g/mol. The molecule has 11 heteroatoms. The number of likely N-dealkylation sites (N-methyl/N-ethyl adjacent to an activating group) is 1. The van der Waals surface area contributed by atoms with Crippen molar-refractivity contribution in [3.05, 3.63) is 78.1 Å². The lowest BCUT2D eigenvalue weighted by atomic mass is 9.91. The first-order chi connectivity index (χ1) is 21.0. The number of benzene rings is 2. The zero-order valence-electron chi connectivity index (χ0n) is 24.3. The van der Waals surface area contributed by atoms with Crippen LogP contribution in [-0.4, -0.2) is 73.1 Å². The Balaban J connectivity index is 1.33. The van der Waals surface area contributed by atoms with Gasteiger partial charge in [-0.05, 0) is 30.9 Å². The van der Waals surface area contributed by atoms with Gasteiger partial charge in [-0.15, -0.1) is 0 Å². The Morgan fingerprint density at radius 1 is 1.05 bits per heavy atom. The highest BCUT2D eigenvalue weighted by atomic mass is 16.6. The first kappa shape index (κ1) is 26.8. The van der Waals surface area contributed by atoms with Crippen LogP contribution in [0.2, 0.25) is 0 Å². The summed E-state index contributed by atoms with van der Waals surface area (Å²) < 4.78 is 14.7. The first-order valence-corrected chi connectivity index (χ1v) is 14.5. The number of aliphatic hydroxyl groups is 2. The van der Waals surface area contributed by atoms with E-state index in [9.17, 15) is 15.0 Å². The second-order valence-corrected chi connectivity index (χ2v) is 10.8. The molecule has 0 radical (unpaired) electrons. The van der Waals surface area contributed by atoms with Crippen molar-refractivity contribution in [2.75, 3.05) is 23.7 Å². The average Bonchev–Trinajstić information content (AvgIpc) is 3.77. The molecule has 0 spiro atoms. The van der Waals surface area contributed by atoms with Gasteiger partial charge in [0.2, 0.25) is 5.95 Å². The summed E-state index contributed by atoms with van der Waals surface area (Å²) >= 11 is 0. The number of nitrogens with zero attached hydrogens (tertiary/aromatic N) is 4. The number of amides is 1. The topological polar surface area (TPSA) is 146 Å². The number of carbonyl (C=O) groups is 1. The van der Waals surface area contributed by atoms with Crippen molar-refractivity contribution < 1.29 is 21.1 Å². The zero-order valence-corrected chi connectivity index (χ0v) is 23.3. The van der Waals surface area contributed by atoms with E-state index >= 15 is 0 Å². The molecule has 1 saturated carbocycles. The number of rotatable bonds is 10. The first-order valence-electron chi connectivity index (χ1n) is 15.2. The number of aliphatic hydroxyl groups excluding tert-OH is 2. The van der Waals surface area contributed by atoms with Crippen LogP contribution in [0.25, 0.3) is 11.2 Å². The van der Waals surface area contributed by atoms with Crippen molar-refractivity contribution in [2.24, 2.45) is 0 Å². The smallest absolute Gasteiger partial charge is 0.252 e. The van der Waals surface area contributed by atoms with Gasteiger partial charge in [0.05, 0.1) is 6.33 Å². The van der Waals surface area contributed by atoms with Crippen LogP contribution in [0.4, 0.5) is 11.8 Å². The molecule has 0 bridgehead atoms. The molecule has 2 aliphatic rings. The summed E-state index contributed by atoms with van der Waals surface area (Å²) in [6.45, 7) is 0.645.